The molecule has 0 aromatic rings. The van der Waals surface area contributed by atoms with Gasteiger partial charge in [-0.1, -0.05) is 13.8 Å². The standard InChI is InChI=1S/C17H30N2O2.ClH/c1-4-17(5-2)13(10-14(17)21-3)19-15(20)12-11-16(12)6-8-18-9-7-16;/h12-14,18H,4-11H2,1-3H3,(H,19,20);1H. The van der Waals surface area contributed by atoms with Crippen LogP contribution in [0.3, 0.4) is 0 Å². The largest absolute Gasteiger partial charge is 0.381 e. The second-order valence-electron chi connectivity index (χ2n) is 7.33. The molecule has 22 heavy (non-hydrogen) atoms. The molecule has 1 heterocycles. The van der Waals surface area contributed by atoms with Crippen molar-refractivity contribution in [2.24, 2.45) is 16.7 Å². The number of hydrogen-bond acceptors (Lipinski definition) is 3. The van der Waals surface area contributed by atoms with Crippen molar-refractivity contribution in [3.8, 4) is 0 Å². The summed E-state index contributed by atoms with van der Waals surface area (Å²) in [7, 11) is 1.80. The lowest BCUT2D eigenvalue weighted by atomic mass is 9.58. The zero-order valence-corrected chi connectivity index (χ0v) is 14.9. The summed E-state index contributed by atoms with van der Waals surface area (Å²) in [6.45, 7) is 6.60. The minimum atomic E-state index is 0. The predicted molar refractivity (Wildman–Crippen MR) is 90.3 cm³/mol. The second-order valence-corrected chi connectivity index (χ2v) is 7.33. The molecule has 3 atom stereocenters. The molecule has 3 aliphatic rings. The van der Waals surface area contributed by atoms with Crippen LogP contribution in [-0.2, 0) is 9.53 Å². The van der Waals surface area contributed by atoms with Gasteiger partial charge >= 0.3 is 0 Å². The monoisotopic (exact) mass is 330 g/mol. The first-order valence-corrected chi connectivity index (χ1v) is 8.66. The first-order valence-electron chi connectivity index (χ1n) is 8.66. The number of nitrogens with one attached hydrogen (secondary N) is 2. The Morgan fingerprint density at radius 2 is 1.91 bits per heavy atom. The third kappa shape index (κ3) is 2.67. The molecule has 3 fully saturated rings. The zero-order valence-electron chi connectivity index (χ0n) is 14.1. The summed E-state index contributed by atoms with van der Waals surface area (Å²) in [5.74, 6) is 0.579. The lowest BCUT2D eigenvalue weighted by Crippen LogP contribution is -2.64. The molecule has 1 spiro atoms. The van der Waals surface area contributed by atoms with Crippen molar-refractivity contribution in [3.05, 3.63) is 0 Å². The molecule has 0 aromatic carbocycles. The average molecular weight is 331 g/mol. The number of hydrogen-bond donors (Lipinski definition) is 2. The Bertz CT molecular complexity index is 405. The van der Waals surface area contributed by atoms with E-state index < -0.39 is 0 Å². The molecule has 2 N–H and O–H groups in total. The molecule has 1 amide bonds. The molecular formula is C17H31ClN2O2. The highest BCUT2D eigenvalue weighted by atomic mass is 35.5. The number of piperidine rings is 1. The van der Waals surface area contributed by atoms with Gasteiger partial charge in [0.2, 0.25) is 5.91 Å². The van der Waals surface area contributed by atoms with E-state index in [2.05, 4.69) is 24.5 Å². The van der Waals surface area contributed by atoms with E-state index in [-0.39, 0.29) is 23.7 Å². The normalized spacial score (nSPS) is 34.4. The highest BCUT2D eigenvalue weighted by Crippen LogP contribution is 2.59. The van der Waals surface area contributed by atoms with Crippen molar-refractivity contribution < 1.29 is 9.53 Å². The van der Waals surface area contributed by atoms with Crippen LogP contribution >= 0.6 is 12.4 Å². The molecule has 2 aliphatic carbocycles. The minimum Gasteiger partial charge on any atom is -0.381 e. The number of ether oxygens (including phenoxy) is 1. The maximum Gasteiger partial charge on any atom is 0.223 e. The predicted octanol–water partition coefficient (Wildman–Crippen LogP) is 2.51. The molecule has 0 bridgehead atoms. The van der Waals surface area contributed by atoms with Crippen molar-refractivity contribution in [2.45, 2.75) is 64.5 Å². The number of rotatable bonds is 5. The van der Waals surface area contributed by atoms with Crippen LogP contribution in [0, 0.1) is 16.7 Å². The Kier molecular flexibility index (Phi) is 5.46. The summed E-state index contributed by atoms with van der Waals surface area (Å²) in [6.07, 6.45) is 6.88. The summed E-state index contributed by atoms with van der Waals surface area (Å²) in [4.78, 5) is 12.6. The fourth-order valence-electron chi connectivity index (χ4n) is 4.95. The molecule has 2 saturated carbocycles. The smallest absolute Gasteiger partial charge is 0.223 e. The SMILES string of the molecule is CCC1(CC)C(NC(=O)C2CC23CCNCC3)CC1OC.Cl. The van der Waals surface area contributed by atoms with E-state index in [1.54, 1.807) is 7.11 Å². The molecule has 0 aromatic heterocycles. The third-order valence-electron chi connectivity index (χ3n) is 6.81. The minimum absolute atomic E-state index is 0. The van der Waals surface area contributed by atoms with Crippen LogP contribution < -0.4 is 10.6 Å². The van der Waals surface area contributed by atoms with E-state index >= 15 is 0 Å². The molecule has 1 aliphatic heterocycles. The summed E-state index contributed by atoms with van der Waals surface area (Å²) in [5.41, 5.74) is 0.488. The molecule has 3 rings (SSSR count). The van der Waals surface area contributed by atoms with E-state index in [1.165, 1.54) is 12.8 Å². The van der Waals surface area contributed by atoms with E-state index in [4.69, 9.17) is 4.74 Å². The highest BCUT2D eigenvalue weighted by Gasteiger charge is 2.60. The lowest BCUT2D eigenvalue weighted by Gasteiger charge is -2.55. The van der Waals surface area contributed by atoms with Crippen LogP contribution in [0.15, 0.2) is 0 Å². The van der Waals surface area contributed by atoms with Gasteiger partial charge < -0.3 is 15.4 Å². The van der Waals surface area contributed by atoms with E-state index in [1.807, 2.05) is 0 Å². The fourth-order valence-corrected chi connectivity index (χ4v) is 4.95. The molecule has 128 valence electrons. The van der Waals surface area contributed by atoms with Gasteiger partial charge in [0.25, 0.3) is 0 Å². The van der Waals surface area contributed by atoms with Crippen molar-refractivity contribution >= 4 is 18.3 Å². The second kappa shape index (κ2) is 6.66. The van der Waals surface area contributed by atoms with E-state index in [0.717, 1.165) is 38.8 Å². The van der Waals surface area contributed by atoms with Gasteiger partial charge in [-0.25, -0.2) is 0 Å². The van der Waals surface area contributed by atoms with Crippen LogP contribution in [0.2, 0.25) is 0 Å². The van der Waals surface area contributed by atoms with E-state index in [9.17, 15) is 4.79 Å². The molecule has 0 radical (unpaired) electrons. The van der Waals surface area contributed by atoms with Gasteiger partial charge in [-0.15, -0.1) is 12.4 Å². The first-order chi connectivity index (χ1) is 10.1. The summed E-state index contributed by atoms with van der Waals surface area (Å²) in [6, 6.07) is 0.310. The Balaban J connectivity index is 0.00000176. The first kappa shape index (κ1) is 18.0. The van der Waals surface area contributed by atoms with Crippen LogP contribution in [0.25, 0.3) is 0 Å². The van der Waals surface area contributed by atoms with Gasteiger partial charge in [0, 0.05) is 24.5 Å². The van der Waals surface area contributed by atoms with Gasteiger partial charge in [0.15, 0.2) is 0 Å². The average Bonchev–Trinajstić information content (AvgIpc) is 3.18. The van der Waals surface area contributed by atoms with E-state index in [0.29, 0.717) is 23.5 Å². The third-order valence-corrected chi connectivity index (χ3v) is 6.81. The molecule has 5 heteroatoms. The Morgan fingerprint density at radius 3 is 2.45 bits per heavy atom. The number of methoxy groups -OCH3 is 1. The van der Waals surface area contributed by atoms with Crippen LogP contribution in [-0.4, -0.2) is 38.3 Å². The summed E-state index contributed by atoms with van der Waals surface area (Å²) < 4.78 is 5.62. The molecular weight excluding hydrogens is 300 g/mol. The lowest BCUT2D eigenvalue weighted by molar-refractivity contribution is -0.142. The van der Waals surface area contributed by atoms with Gasteiger partial charge in [0.05, 0.1) is 6.10 Å². The molecule has 1 saturated heterocycles. The van der Waals surface area contributed by atoms with Gasteiger partial charge in [-0.2, -0.15) is 0 Å². The summed E-state index contributed by atoms with van der Waals surface area (Å²) in [5, 5.41) is 6.77. The zero-order chi connectivity index (χ0) is 15.1. The van der Waals surface area contributed by atoms with Crippen molar-refractivity contribution in [3.63, 3.8) is 0 Å². The topological polar surface area (TPSA) is 50.4 Å². The van der Waals surface area contributed by atoms with Crippen LogP contribution in [0.5, 0.6) is 0 Å². The van der Waals surface area contributed by atoms with Crippen LogP contribution in [0.1, 0.15) is 52.4 Å². The Morgan fingerprint density at radius 1 is 1.27 bits per heavy atom. The number of amides is 1. The number of carbonyl (C=O) groups excluding carboxylic acids is 1. The fraction of sp³-hybridized carbons (Fsp3) is 0.941. The number of carbonyl (C=O) groups is 1. The maximum absolute atomic E-state index is 12.6. The maximum atomic E-state index is 12.6. The van der Waals surface area contributed by atoms with Gasteiger partial charge in [-0.05, 0) is 57.0 Å². The van der Waals surface area contributed by atoms with Gasteiger partial charge in [-0.3, -0.25) is 4.79 Å². The highest BCUT2D eigenvalue weighted by molar-refractivity contribution is 5.85. The quantitative estimate of drug-likeness (QED) is 0.814. The van der Waals surface area contributed by atoms with Crippen molar-refractivity contribution in [2.75, 3.05) is 20.2 Å². The van der Waals surface area contributed by atoms with Gasteiger partial charge in [0.1, 0.15) is 0 Å². The Labute approximate surface area is 140 Å². The van der Waals surface area contributed by atoms with Crippen molar-refractivity contribution in [1.29, 1.82) is 0 Å². The molecule has 4 nitrogen and oxygen atoms in total. The van der Waals surface area contributed by atoms with Crippen molar-refractivity contribution in [1.82, 2.24) is 10.6 Å². The summed E-state index contributed by atoms with van der Waals surface area (Å²) >= 11 is 0. The Hall–Kier alpha value is -0.320. The molecule has 3 unspecified atom stereocenters. The number of halogens is 1. The van der Waals surface area contributed by atoms with Crippen LogP contribution in [0.4, 0.5) is 0 Å².